The van der Waals surface area contributed by atoms with Crippen LogP contribution in [0.3, 0.4) is 0 Å². The number of aromatic nitrogens is 2. The number of rotatable bonds is 3. The van der Waals surface area contributed by atoms with Gasteiger partial charge >= 0.3 is 0 Å². The van der Waals surface area contributed by atoms with Crippen LogP contribution in [0.15, 0.2) is 28.7 Å². The lowest BCUT2D eigenvalue weighted by atomic mass is 9.74. The molecule has 5 nitrogen and oxygen atoms in total. The number of nitrogens with zero attached hydrogens (tertiary/aromatic N) is 2. The molecule has 1 aromatic heterocycles. The minimum Gasteiger partial charge on any atom is -0.421 e. The Morgan fingerprint density at radius 3 is 2.52 bits per heavy atom. The largest absolute Gasteiger partial charge is 0.421 e. The zero-order valence-electron chi connectivity index (χ0n) is 12.8. The molecule has 2 aliphatic rings. The SMILES string of the molecule is Fc1ccc(C2(c3nnc(C4CCCO4)o3)CCOCC2)cc1. The van der Waals surface area contributed by atoms with Crippen molar-refractivity contribution in [1.29, 1.82) is 0 Å². The standard InChI is InChI=1S/C17H19FN2O3/c18-13-5-3-12(4-6-13)17(7-10-21-11-8-17)16-20-19-15(23-16)14-2-1-9-22-14/h3-6,14H,1-2,7-11H2. The van der Waals surface area contributed by atoms with E-state index in [1.54, 1.807) is 12.1 Å². The van der Waals surface area contributed by atoms with Gasteiger partial charge < -0.3 is 13.9 Å². The molecule has 6 heteroatoms. The lowest BCUT2D eigenvalue weighted by Crippen LogP contribution is -2.35. The Morgan fingerprint density at radius 2 is 1.83 bits per heavy atom. The summed E-state index contributed by atoms with van der Waals surface area (Å²) >= 11 is 0. The topological polar surface area (TPSA) is 57.4 Å². The predicted octanol–water partition coefficient (Wildman–Crippen LogP) is 3.16. The fourth-order valence-corrected chi connectivity index (χ4v) is 3.45. The molecule has 4 rings (SSSR count). The molecule has 2 fully saturated rings. The van der Waals surface area contributed by atoms with Crippen LogP contribution in [0, 0.1) is 5.82 Å². The van der Waals surface area contributed by atoms with Gasteiger partial charge in [-0.3, -0.25) is 0 Å². The van der Waals surface area contributed by atoms with Gasteiger partial charge in [-0.2, -0.15) is 0 Å². The molecule has 1 aromatic carbocycles. The first-order chi connectivity index (χ1) is 11.3. The highest BCUT2D eigenvalue weighted by Crippen LogP contribution is 2.41. The summed E-state index contributed by atoms with van der Waals surface area (Å²) in [5.41, 5.74) is 0.584. The molecule has 2 saturated heterocycles. The third kappa shape index (κ3) is 2.66. The summed E-state index contributed by atoms with van der Waals surface area (Å²) in [6.45, 7) is 1.98. The Hall–Kier alpha value is -1.79. The second kappa shape index (κ2) is 6.02. The van der Waals surface area contributed by atoms with Gasteiger partial charge in [0, 0.05) is 19.8 Å². The maximum atomic E-state index is 13.3. The summed E-state index contributed by atoms with van der Waals surface area (Å²) in [5, 5.41) is 8.51. The van der Waals surface area contributed by atoms with Crippen molar-refractivity contribution in [3.8, 4) is 0 Å². The van der Waals surface area contributed by atoms with E-state index >= 15 is 0 Å². The van der Waals surface area contributed by atoms with Crippen molar-refractivity contribution in [1.82, 2.24) is 10.2 Å². The average molecular weight is 318 g/mol. The second-order valence-electron chi connectivity index (χ2n) is 6.15. The zero-order valence-corrected chi connectivity index (χ0v) is 12.8. The highest BCUT2D eigenvalue weighted by molar-refractivity contribution is 5.32. The fourth-order valence-electron chi connectivity index (χ4n) is 3.45. The van der Waals surface area contributed by atoms with Crippen LogP contribution in [0.1, 0.15) is 49.1 Å². The van der Waals surface area contributed by atoms with E-state index in [2.05, 4.69) is 10.2 Å². The molecule has 2 aromatic rings. The molecule has 0 amide bonds. The van der Waals surface area contributed by atoms with Crippen molar-refractivity contribution in [3.63, 3.8) is 0 Å². The van der Waals surface area contributed by atoms with Crippen molar-refractivity contribution in [3.05, 3.63) is 47.4 Å². The van der Waals surface area contributed by atoms with Gasteiger partial charge in [0.1, 0.15) is 11.9 Å². The van der Waals surface area contributed by atoms with Crippen LogP contribution >= 0.6 is 0 Å². The van der Waals surface area contributed by atoms with E-state index in [1.807, 2.05) is 0 Å². The molecule has 0 aliphatic carbocycles. The van der Waals surface area contributed by atoms with E-state index in [4.69, 9.17) is 13.9 Å². The van der Waals surface area contributed by atoms with E-state index in [1.165, 1.54) is 12.1 Å². The molecule has 0 spiro atoms. The summed E-state index contributed by atoms with van der Waals surface area (Å²) in [4.78, 5) is 0. The van der Waals surface area contributed by atoms with E-state index in [0.29, 0.717) is 25.0 Å². The van der Waals surface area contributed by atoms with Crippen LogP contribution in [0.2, 0.25) is 0 Å². The lowest BCUT2D eigenvalue weighted by molar-refractivity contribution is 0.0504. The Balaban J connectivity index is 1.72. The molecule has 3 heterocycles. The first-order valence-corrected chi connectivity index (χ1v) is 8.07. The lowest BCUT2D eigenvalue weighted by Gasteiger charge is -2.34. The molecule has 23 heavy (non-hydrogen) atoms. The minimum atomic E-state index is -0.407. The summed E-state index contributed by atoms with van der Waals surface area (Å²) in [6.07, 6.45) is 3.31. The Labute approximate surface area is 133 Å². The number of hydrogen-bond acceptors (Lipinski definition) is 5. The molecular weight excluding hydrogens is 299 g/mol. The Morgan fingerprint density at radius 1 is 1.04 bits per heavy atom. The van der Waals surface area contributed by atoms with Crippen LogP contribution in [0.5, 0.6) is 0 Å². The second-order valence-corrected chi connectivity index (χ2v) is 6.15. The maximum Gasteiger partial charge on any atom is 0.245 e. The molecule has 0 saturated carbocycles. The van der Waals surface area contributed by atoms with Crippen LogP contribution in [-0.4, -0.2) is 30.0 Å². The molecule has 0 bridgehead atoms. The summed E-state index contributed by atoms with van der Waals surface area (Å²) in [5.74, 6) is 0.880. The third-order valence-electron chi connectivity index (χ3n) is 4.80. The quantitative estimate of drug-likeness (QED) is 0.870. The average Bonchev–Trinajstić information content (AvgIpc) is 3.28. The van der Waals surface area contributed by atoms with Crippen molar-refractivity contribution in [2.24, 2.45) is 0 Å². The Kier molecular flexibility index (Phi) is 3.87. The van der Waals surface area contributed by atoms with Crippen molar-refractivity contribution in [2.45, 2.75) is 37.2 Å². The van der Waals surface area contributed by atoms with Gasteiger partial charge in [-0.25, -0.2) is 4.39 Å². The van der Waals surface area contributed by atoms with Gasteiger partial charge in [-0.15, -0.1) is 10.2 Å². The molecule has 1 atom stereocenters. The van der Waals surface area contributed by atoms with Crippen molar-refractivity contribution in [2.75, 3.05) is 19.8 Å². The smallest absolute Gasteiger partial charge is 0.245 e. The Bertz CT molecular complexity index is 659. The molecular formula is C17H19FN2O3. The summed E-state index contributed by atoms with van der Waals surface area (Å²) in [7, 11) is 0. The highest BCUT2D eigenvalue weighted by atomic mass is 19.1. The zero-order chi connectivity index (χ0) is 15.7. The fraction of sp³-hybridized carbons (Fsp3) is 0.529. The number of benzene rings is 1. The molecule has 0 N–H and O–H groups in total. The van der Waals surface area contributed by atoms with Gasteiger partial charge in [0.15, 0.2) is 0 Å². The molecule has 122 valence electrons. The predicted molar refractivity (Wildman–Crippen MR) is 79.5 cm³/mol. The van der Waals surface area contributed by atoms with Gasteiger partial charge in [0.05, 0.1) is 5.41 Å². The van der Waals surface area contributed by atoms with Crippen molar-refractivity contribution >= 4 is 0 Å². The van der Waals surface area contributed by atoms with E-state index < -0.39 is 5.41 Å². The third-order valence-corrected chi connectivity index (χ3v) is 4.80. The number of ether oxygens (including phenoxy) is 2. The van der Waals surface area contributed by atoms with Gasteiger partial charge in [0.25, 0.3) is 0 Å². The highest BCUT2D eigenvalue weighted by Gasteiger charge is 2.42. The first-order valence-electron chi connectivity index (χ1n) is 8.07. The number of halogens is 1. The van der Waals surface area contributed by atoms with E-state index in [9.17, 15) is 4.39 Å². The first kappa shape index (κ1) is 14.8. The molecule has 0 radical (unpaired) electrons. The maximum absolute atomic E-state index is 13.3. The van der Waals surface area contributed by atoms with Gasteiger partial charge in [-0.05, 0) is 43.4 Å². The van der Waals surface area contributed by atoms with Crippen LogP contribution in [-0.2, 0) is 14.9 Å². The normalized spacial score (nSPS) is 24.0. The van der Waals surface area contributed by atoms with Gasteiger partial charge in [0.2, 0.25) is 11.8 Å². The van der Waals surface area contributed by atoms with Crippen LogP contribution in [0.25, 0.3) is 0 Å². The van der Waals surface area contributed by atoms with E-state index in [-0.39, 0.29) is 11.9 Å². The van der Waals surface area contributed by atoms with Crippen molar-refractivity contribution < 1.29 is 18.3 Å². The van der Waals surface area contributed by atoms with E-state index in [0.717, 1.165) is 37.9 Å². The summed E-state index contributed by atoms with van der Waals surface area (Å²) < 4.78 is 30.4. The number of hydrogen-bond donors (Lipinski definition) is 0. The molecule has 1 unspecified atom stereocenters. The van der Waals surface area contributed by atoms with Gasteiger partial charge in [-0.1, -0.05) is 12.1 Å². The van der Waals surface area contributed by atoms with Crippen LogP contribution in [0.4, 0.5) is 4.39 Å². The summed E-state index contributed by atoms with van der Waals surface area (Å²) in [6, 6.07) is 6.56. The monoisotopic (exact) mass is 318 g/mol. The molecule has 2 aliphatic heterocycles. The van der Waals surface area contributed by atoms with Crippen LogP contribution < -0.4 is 0 Å². The minimum absolute atomic E-state index is 0.0960.